The van der Waals surface area contributed by atoms with Gasteiger partial charge in [0.15, 0.2) is 5.96 Å². The minimum Gasteiger partial charge on any atom is -0.381 e. The molecule has 5 heteroatoms. The van der Waals surface area contributed by atoms with Crippen molar-refractivity contribution in [2.45, 2.75) is 38.7 Å². The molecule has 0 bridgehead atoms. The van der Waals surface area contributed by atoms with Crippen LogP contribution >= 0.6 is 0 Å². The third-order valence-corrected chi connectivity index (χ3v) is 4.01. The summed E-state index contributed by atoms with van der Waals surface area (Å²) in [5.74, 6) is 1.72. The molecule has 1 fully saturated rings. The molecule has 0 saturated carbocycles. The third kappa shape index (κ3) is 6.09. The lowest BCUT2D eigenvalue weighted by Crippen LogP contribution is -2.46. The Bertz CT molecular complexity index is 299. The van der Waals surface area contributed by atoms with Crippen molar-refractivity contribution in [3.05, 3.63) is 0 Å². The molecule has 0 radical (unpaired) electrons. The quantitative estimate of drug-likeness (QED) is 0.596. The van der Waals surface area contributed by atoms with E-state index < -0.39 is 0 Å². The highest BCUT2D eigenvalue weighted by Crippen LogP contribution is 2.18. The zero-order valence-corrected chi connectivity index (χ0v) is 13.7. The second-order valence-corrected chi connectivity index (χ2v) is 6.13. The van der Waals surface area contributed by atoms with E-state index in [2.05, 4.69) is 36.1 Å². The number of methoxy groups -OCH3 is 1. The van der Waals surface area contributed by atoms with Gasteiger partial charge in [0.05, 0.1) is 5.60 Å². The van der Waals surface area contributed by atoms with Gasteiger partial charge in [0, 0.05) is 47.5 Å². The number of ether oxygens (including phenoxy) is 2. The van der Waals surface area contributed by atoms with Gasteiger partial charge >= 0.3 is 0 Å². The fraction of sp³-hybridized carbons (Fsp3) is 0.933. The smallest absolute Gasteiger partial charge is 0.193 e. The van der Waals surface area contributed by atoms with Crippen LogP contribution in [0.3, 0.4) is 0 Å². The summed E-state index contributed by atoms with van der Waals surface area (Å²) in [6, 6.07) is 0. The molecule has 0 spiro atoms. The van der Waals surface area contributed by atoms with Crippen LogP contribution in [0.25, 0.3) is 0 Å². The minimum atomic E-state index is -0.183. The topological polar surface area (TPSA) is 46.1 Å². The van der Waals surface area contributed by atoms with Crippen molar-refractivity contribution in [2.24, 2.45) is 10.9 Å². The van der Waals surface area contributed by atoms with Crippen molar-refractivity contribution in [3.8, 4) is 0 Å². The lowest BCUT2D eigenvalue weighted by atomic mass is 9.96. The van der Waals surface area contributed by atoms with Crippen LogP contribution in [-0.2, 0) is 9.47 Å². The van der Waals surface area contributed by atoms with Crippen molar-refractivity contribution < 1.29 is 9.47 Å². The lowest BCUT2D eigenvalue weighted by molar-refractivity contribution is 0.0263. The van der Waals surface area contributed by atoms with E-state index in [4.69, 9.17) is 9.47 Å². The molecule has 0 amide bonds. The number of guanidine groups is 1. The normalized spacial score (nSPS) is 18.1. The SMILES string of the molecule is CN=C(NCC(C)(C)OC)N(C)CCC1CCOCC1. The molecule has 118 valence electrons. The molecule has 0 unspecified atom stereocenters. The Morgan fingerprint density at radius 2 is 2.05 bits per heavy atom. The first-order chi connectivity index (χ1) is 9.48. The van der Waals surface area contributed by atoms with E-state index in [1.807, 2.05) is 7.05 Å². The predicted molar refractivity (Wildman–Crippen MR) is 83.2 cm³/mol. The highest BCUT2D eigenvalue weighted by atomic mass is 16.5. The summed E-state index contributed by atoms with van der Waals surface area (Å²) in [5, 5.41) is 3.37. The minimum absolute atomic E-state index is 0.183. The standard InChI is InChI=1S/C15H31N3O2/c1-15(2,19-5)12-17-14(16-3)18(4)9-6-13-7-10-20-11-8-13/h13H,6-12H2,1-5H3,(H,16,17). The maximum atomic E-state index is 5.42. The summed E-state index contributed by atoms with van der Waals surface area (Å²) in [5.41, 5.74) is -0.183. The molecule has 0 aromatic heterocycles. The van der Waals surface area contributed by atoms with Gasteiger partial charge in [-0.25, -0.2) is 0 Å². The molecule has 0 aliphatic carbocycles. The zero-order chi connectivity index (χ0) is 15.0. The van der Waals surface area contributed by atoms with E-state index in [9.17, 15) is 0 Å². The van der Waals surface area contributed by atoms with Gasteiger partial charge in [0.1, 0.15) is 0 Å². The van der Waals surface area contributed by atoms with Crippen LogP contribution in [0.5, 0.6) is 0 Å². The maximum Gasteiger partial charge on any atom is 0.193 e. The van der Waals surface area contributed by atoms with E-state index in [0.29, 0.717) is 0 Å². The first-order valence-electron chi connectivity index (χ1n) is 7.53. The predicted octanol–water partition coefficient (Wildman–Crippen LogP) is 1.74. The van der Waals surface area contributed by atoms with E-state index >= 15 is 0 Å². The molecule has 1 rings (SSSR count). The first kappa shape index (κ1) is 17.2. The van der Waals surface area contributed by atoms with Crippen molar-refractivity contribution in [1.82, 2.24) is 10.2 Å². The van der Waals surface area contributed by atoms with E-state index in [1.54, 1.807) is 7.11 Å². The fourth-order valence-electron chi connectivity index (χ4n) is 2.27. The molecule has 0 atom stereocenters. The van der Waals surface area contributed by atoms with Gasteiger partial charge in [0.25, 0.3) is 0 Å². The molecule has 1 heterocycles. The number of aliphatic imine (C=N–C) groups is 1. The summed E-state index contributed by atoms with van der Waals surface area (Å²) in [7, 11) is 5.65. The van der Waals surface area contributed by atoms with Crippen LogP contribution < -0.4 is 5.32 Å². The van der Waals surface area contributed by atoms with Gasteiger partial charge < -0.3 is 19.7 Å². The zero-order valence-electron chi connectivity index (χ0n) is 13.7. The monoisotopic (exact) mass is 285 g/mol. The van der Waals surface area contributed by atoms with Crippen molar-refractivity contribution in [2.75, 3.05) is 47.5 Å². The molecule has 20 heavy (non-hydrogen) atoms. The Kier molecular flexibility index (Phi) is 7.30. The highest BCUT2D eigenvalue weighted by molar-refractivity contribution is 5.79. The van der Waals surface area contributed by atoms with E-state index in [0.717, 1.165) is 38.2 Å². The summed E-state index contributed by atoms with van der Waals surface area (Å²) >= 11 is 0. The fourth-order valence-corrected chi connectivity index (χ4v) is 2.27. The van der Waals surface area contributed by atoms with Crippen molar-refractivity contribution >= 4 is 5.96 Å². The Hall–Kier alpha value is -0.810. The van der Waals surface area contributed by atoms with Gasteiger partial charge in [-0.2, -0.15) is 0 Å². The summed E-state index contributed by atoms with van der Waals surface area (Å²) < 4.78 is 10.8. The first-order valence-corrected chi connectivity index (χ1v) is 7.53. The molecule has 0 aromatic rings. The number of hydrogen-bond donors (Lipinski definition) is 1. The number of nitrogens with zero attached hydrogens (tertiary/aromatic N) is 2. The van der Waals surface area contributed by atoms with Gasteiger partial charge in [-0.05, 0) is 39.0 Å². The molecule has 1 saturated heterocycles. The Balaban J connectivity index is 2.33. The summed E-state index contributed by atoms with van der Waals surface area (Å²) in [6.07, 6.45) is 3.58. The van der Waals surface area contributed by atoms with Crippen LogP contribution in [-0.4, -0.2) is 64.0 Å². The van der Waals surface area contributed by atoms with Crippen LogP contribution in [0.2, 0.25) is 0 Å². The average molecular weight is 285 g/mol. The number of rotatable bonds is 6. The number of nitrogens with one attached hydrogen (secondary N) is 1. The molecule has 5 nitrogen and oxygen atoms in total. The molecular formula is C15H31N3O2. The van der Waals surface area contributed by atoms with Crippen LogP contribution in [0.1, 0.15) is 33.1 Å². The van der Waals surface area contributed by atoms with Crippen molar-refractivity contribution in [1.29, 1.82) is 0 Å². The molecule has 1 aliphatic heterocycles. The maximum absolute atomic E-state index is 5.42. The van der Waals surface area contributed by atoms with E-state index in [-0.39, 0.29) is 5.60 Å². The van der Waals surface area contributed by atoms with Crippen LogP contribution in [0, 0.1) is 5.92 Å². The molecule has 1 aliphatic rings. The summed E-state index contributed by atoms with van der Waals surface area (Å²) in [4.78, 5) is 6.54. The van der Waals surface area contributed by atoms with Crippen LogP contribution in [0.4, 0.5) is 0 Å². The average Bonchev–Trinajstić information content (AvgIpc) is 2.46. The second kappa shape index (κ2) is 8.47. The Morgan fingerprint density at radius 3 is 2.60 bits per heavy atom. The third-order valence-electron chi connectivity index (χ3n) is 4.01. The Labute approximate surface area is 123 Å². The molecular weight excluding hydrogens is 254 g/mol. The Morgan fingerprint density at radius 1 is 1.40 bits per heavy atom. The largest absolute Gasteiger partial charge is 0.381 e. The molecule has 0 aromatic carbocycles. The molecule has 1 N–H and O–H groups in total. The van der Waals surface area contributed by atoms with Gasteiger partial charge in [-0.15, -0.1) is 0 Å². The van der Waals surface area contributed by atoms with Gasteiger partial charge in [-0.3, -0.25) is 4.99 Å². The second-order valence-electron chi connectivity index (χ2n) is 6.13. The summed E-state index contributed by atoms with van der Waals surface area (Å²) in [6.45, 7) is 7.74. The highest BCUT2D eigenvalue weighted by Gasteiger charge is 2.19. The van der Waals surface area contributed by atoms with Crippen molar-refractivity contribution in [3.63, 3.8) is 0 Å². The van der Waals surface area contributed by atoms with Gasteiger partial charge in [0.2, 0.25) is 0 Å². The van der Waals surface area contributed by atoms with E-state index in [1.165, 1.54) is 19.3 Å². The number of hydrogen-bond acceptors (Lipinski definition) is 3. The van der Waals surface area contributed by atoms with Gasteiger partial charge in [-0.1, -0.05) is 0 Å². The van der Waals surface area contributed by atoms with Crippen LogP contribution in [0.15, 0.2) is 4.99 Å². The lowest BCUT2D eigenvalue weighted by Gasteiger charge is -2.29.